The molecule has 0 saturated heterocycles. The highest BCUT2D eigenvalue weighted by Crippen LogP contribution is 2.43. The Morgan fingerprint density at radius 3 is 1.71 bits per heavy atom. The van der Waals surface area contributed by atoms with E-state index in [9.17, 15) is 31.1 Å². The van der Waals surface area contributed by atoms with Crippen molar-refractivity contribution >= 4 is 5.97 Å². The van der Waals surface area contributed by atoms with Crippen molar-refractivity contribution in [2.45, 2.75) is 44.5 Å². The van der Waals surface area contributed by atoms with Gasteiger partial charge in [-0.1, -0.05) is 6.58 Å². The highest BCUT2D eigenvalue weighted by atomic mass is 19.4. The minimum absolute atomic E-state index is 0.808. The lowest BCUT2D eigenvalue weighted by molar-refractivity contribution is -0.455. The molecule has 0 fully saturated rings. The number of ether oxygens (including phenoxy) is 2. The van der Waals surface area contributed by atoms with Crippen LogP contribution in [0.1, 0.15) is 20.8 Å². The molecule has 0 unspecified atom stereocenters. The summed E-state index contributed by atoms with van der Waals surface area (Å²) in [4.78, 5) is 11.3. The molecule has 0 aliphatic rings. The number of carbonyl (C=O) groups is 1. The quantitative estimate of drug-likeness (QED) is 0.374. The maximum Gasteiger partial charge on any atom is 0.453 e. The summed E-state index contributed by atoms with van der Waals surface area (Å²) in [7, 11) is 0. The molecule has 4 nitrogen and oxygen atoms in total. The molecule has 0 rings (SSSR count). The van der Waals surface area contributed by atoms with Crippen molar-refractivity contribution in [3.63, 3.8) is 0 Å². The fourth-order valence-corrected chi connectivity index (χ4v) is 0.925. The van der Waals surface area contributed by atoms with Crippen molar-refractivity contribution in [3.8, 4) is 0 Å². The van der Waals surface area contributed by atoms with E-state index in [1.165, 1.54) is 20.8 Å². The van der Waals surface area contributed by atoms with Crippen LogP contribution in [0.4, 0.5) is 26.3 Å². The summed E-state index contributed by atoms with van der Waals surface area (Å²) in [6, 6.07) is 0. The van der Waals surface area contributed by atoms with E-state index < -0.39 is 41.9 Å². The van der Waals surface area contributed by atoms with Crippen LogP contribution in [0.3, 0.4) is 0 Å². The van der Waals surface area contributed by atoms with E-state index in [2.05, 4.69) is 16.1 Å². The second kappa shape index (κ2) is 5.84. The molecule has 0 heterocycles. The van der Waals surface area contributed by atoms with Crippen LogP contribution in [-0.4, -0.2) is 41.4 Å². The van der Waals surface area contributed by atoms with Gasteiger partial charge in [-0.05, 0) is 20.8 Å². The van der Waals surface area contributed by atoms with Gasteiger partial charge in [0.25, 0.3) is 0 Å². The van der Waals surface area contributed by atoms with Crippen molar-refractivity contribution in [2.75, 3.05) is 6.61 Å². The fraction of sp³-hybridized carbons (Fsp3) is 0.727. The zero-order chi connectivity index (χ0) is 17.3. The first kappa shape index (κ1) is 19.7. The number of hydrogen-bond acceptors (Lipinski definition) is 4. The van der Waals surface area contributed by atoms with E-state index in [1.807, 2.05) is 0 Å². The minimum Gasteiger partial charge on any atom is -0.457 e. The lowest BCUT2D eigenvalue weighted by atomic mass is 10.2. The summed E-state index contributed by atoms with van der Waals surface area (Å²) in [6.45, 7) is 5.75. The molecule has 0 bridgehead atoms. The molecule has 0 atom stereocenters. The average Bonchev–Trinajstić information content (AvgIpc) is 2.19. The van der Waals surface area contributed by atoms with Crippen LogP contribution < -0.4 is 0 Å². The first-order valence-electron chi connectivity index (χ1n) is 5.42. The maximum atomic E-state index is 12.3. The van der Waals surface area contributed by atoms with Crippen LogP contribution in [0.25, 0.3) is 0 Å². The van der Waals surface area contributed by atoms with Gasteiger partial charge in [-0.25, -0.2) is 4.79 Å². The second-order valence-electron chi connectivity index (χ2n) is 5.03. The average molecular weight is 324 g/mol. The molecule has 10 heteroatoms. The third kappa shape index (κ3) is 5.20. The predicted molar refractivity (Wildman–Crippen MR) is 58.0 cm³/mol. The van der Waals surface area contributed by atoms with Gasteiger partial charge in [-0.3, -0.25) is 0 Å². The van der Waals surface area contributed by atoms with E-state index >= 15 is 0 Å². The highest BCUT2D eigenvalue weighted by molar-refractivity contribution is 5.88. The molecule has 0 aromatic rings. The molecule has 0 aromatic heterocycles. The van der Waals surface area contributed by atoms with Gasteiger partial charge < -0.3 is 14.6 Å². The standard InChI is InChI=1S/C11H14F6O4/c1-6(7(18)21-8(2,3)4)5-20-9(19,10(12,13)14)11(15,16)17/h19H,1,5H2,2-4H3. The molecule has 0 aliphatic heterocycles. The monoisotopic (exact) mass is 324 g/mol. The summed E-state index contributed by atoms with van der Waals surface area (Å²) in [5, 5.41) is 8.68. The summed E-state index contributed by atoms with van der Waals surface area (Å²) in [6.07, 6.45) is -12.3. The van der Waals surface area contributed by atoms with Gasteiger partial charge in [-0.15, -0.1) is 0 Å². The van der Waals surface area contributed by atoms with Gasteiger partial charge in [0.15, 0.2) is 0 Å². The van der Waals surface area contributed by atoms with Crippen LogP contribution in [0.2, 0.25) is 0 Å². The van der Waals surface area contributed by atoms with E-state index in [-0.39, 0.29) is 0 Å². The summed E-state index contributed by atoms with van der Waals surface area (Å²) < 4.78 is 81.8. The molecule has 0 aliphatic carbocycles. The summed E-state index contributed by atoms with van der Waals surface area (Å²) in [5.74, 6) is -6.64. The largest absolute Gasteiger partial charge is 0.457 e. The van der Waals surface area contributed by atoms with Gasteiger partial charge >= 0.3 is 24.1 Å². The van der Waals surface area contributed by atoms with E-state index in [0.29, 0.717) is 0 Å². The molecule has 21 heavy (non-hydrogen) atoms. The Morgan fingerprint density at radius 1 is 1.05 bits per heavy atom. The van der Waals surface area contributed by atoms with E-state index in [0.717, 1.165) is 0 Å². The van der Waals surface area contributed by atoms with Crippen LogP contribution in [-0.2, 0) is 14.3 Å². The van der Waals surface area contributed by atoms with Crippen LogP contribution in [0.5, 0.6) is 0 Å². The SMILES string of the molecule is C=C(COC(O)(C(F)(F)F)C(F)(F)F)C(=O)OC(C)(C)C. The normalized spacial score (nSPS) is 14.0. The van der Waals surface area contributed by atoms with Crippen LogP contribution in [0.15, 0.2) is 12.2 Å². The van der Waals surface area contributed by atoms with Crippen molar-refractivity contribution in [2.24, 2.45) is 0 Å². The molecular formula is C11H14F6O4. The fourth-order valence-electron chi connectivity index (χ4n) is 0.925. The van der Waals surface area contributed by atoms with Crippen molar-refractivity contribution in [1.82, 2.24) is 0 Å². The third-order valence-electron chi connectivity index (χ3n) is 1.91. The lowest BCUT2D eigenvalue weighted by Gasteiger charge is -2.32. The Labute approximate surface area is 116 Å². The number of rotatable bonds is 4. The number of carbonyl (C=O) groups excluding carboxylic acids is 1. The van der Waals surface area contributed by atoms with Crippen LogP contribution >= 0.6 is 0 Å². The number of halogens is 6. The van der Waals surface area contributed by atoms with Gasteiger partial charge in [0.05, 0.1) is 12.2 Å². The number of alkyl halides is 6. The molecular weight excluding hydrogens is 310 g/mol. The zero-order valence-electron chi connectivity index (χ0n) is 11.4. The topological polar surface area (TPSA) is 55.8 Å². The van der Waals surface area contributed by atoms with Crippen molar-refractivity contribution in [3.05, 3.63) is 12.2 Å². The van der Waals surface area contributed by atoms with Gasteiger partial charge in [0.1, 0.15) is 5.60 Å². The smallest absolute Gasteiger partial charge is 0.453 e. The Hall–Kier alpha value is -1.29. The minimum atomic E-state index is -6.14. The molecule has 0 saturated carbocycles. The number of esters is 1. The second-order valence-corrected chi connectivity index (χ2v) is 5.03. The van der Waals surface area contributed by atoms with E-state index in [1.54, 1.807) is 0 Å². The first-order valence-corrected chi connectivity index (χ1v) is 5.42. The number of aliphatic hydroxyl groups is 1. The molecule has 0 radical (unpaired) electrons. The number of hydrogen-bond donors (Lipinski definition) is 1. The zero-order valence-corrected chi connectivity index (χ0v) is 11.4. The molecule has 0 aromatic carbocycles. The molecule has 124 valence electrons. The Morgan fingerprint density at radius 2 is 1.43 bits per heavy atom. The molecule has 0 amide bonds. The Bertz CT molecular complexity index is 390. The predicted octanol–water partition coefficient (Wildman–Crippen LogP) is 2.71. The van der Waals surface area contributed by atoms with Gasteiger partial charge in [0, 0.05) is 0 Å². The van der Waals surface area contributed by atoms with Gasteiger partial charge in [-0.2, -0.15) is 26.3 Å². The summed E-state index contributed by atoms with van der Waals surface area (Å²) >= 11 is 0. The summed E-state index contributed by atoms with van der Waals surface area (Å²) in [5.41, 5.74) is -1.83. The molecule has 1 N–H and O–H groups in total. The van der Waals surface area contributed by atoms with E-state index in [4.69, 9.17) is 5.11 Å². The lowest BCUT2D eigenvalue weighted by Crippen LogP contribution is -2.59. The Balaban J connectivity index is 4.96. The third-order valence-corrected chi connectivity index (χ3v) is 1.91. The Kier molecular flexibility index (Phi) is 5.48. The molecule has 0 spiro atoms. The van der Waals surface area contributed by atoms with Crippen molar-refractivity contribution < 1.29 is 45.7 Å². The maximum absolute atomic E-state index is 12.3. The van der Waals surface area contributed by atoms with Crippen molar-refractivity contribution in [1.29, 1.82) is 0 Å². The highest BCUT2D eigenvalue weighted by Gasteiger charge is 2.72. The van der Waals surface area contributed by atoms with Crippen LogP contribution in [0, 0.1) is 0 Å². The first-order chi connectivity index (χ1) is 9.01. The van der Waals surface area contributed by atoms with Gasteiger partial charge in [0.2, 0.25) is 0 Å².